The molecule has 2 heterocycles. The number of amides is 1. The van der Waals surface area contributed by atoms with Crippen molar-refractivity contribution in [3.8, 4) is 0 Å². The predicted molar refractivity (Wildman–Crippen MR) is 98.3 cm³/mol. The Balaban J connectivity index is 1.70. The van der Waals surface area contributed by atoms with Crippen LogP contribution in [0.2, 0.25) is 0 Å². The highest BCUT2D eigenvalue weighted by Crippen LogP contribution is 2.43. The maximum absolute atomic E-state index is 13.8. The number of rotatable bonds is 3. The monoisotopic (exact) mass is 356 g/mol. The Kier molecular flexibility index (Phi) is 4.52. The van der Waals surface area contributed by atoms with E-state index < -0.39 is 0 Å². The van der Waals surface area contributed by atoms with Gasteiger partial charge in [0.1, 0.15) is 5.82 Å². The summed E-state index contributed by atoms with van der Waals surface area (Å²) >= 11 is 1.63. The minimum absolute atomic E-state index is 0.0413. The Hall–Kier alpha value is -1.85. The Bertz CT molecular complexity index is 797. The quantitative estimate of drug-likeness (QED) is 0.853. The van der Waals surface area contributed by atoms with Gasteiger partial charge in [0.15, 0.2) is 0 Å². The van der Waals surface area contributed by atoms with Crippen LogP contribution in [0.3, 0.4) is 0 Å². The van der Waals surface area contributed by atoms with Crippen molar-refractivity contribution in [3.63, 3.8) is 0 Å². The van der Waals surface area contributed by atoms with Crippen molar-refractivity contribution < 1.29 is 9.18 Å². The molecule has 3 atom stereocenters. The summed E-state index contributed by atoms with van der Waals surface area (Å²) in [6, 6.07) is 14.4. The molecule has 0 unspecified atom stereocenters. The van der Waals surface area contributed by atoms with E-state index in [1.807, 2.05) is 41.5 Å². The van der Waals surface area contributed by atoms with Crippen LogP contribution < -0.4 is 5.32 Å². The SMILES string of the molecule is CSc1cccc(C(=O)N2C[C@@H]3CNC[C@@H]3[C@@H]2c2cccc(F)c2)c1. The average molecular weight is 356 g/mol. The van der Waals surface area contributed by atoms with Crippen LogP contribution in [-0.4, -0.2) is 36.7 Å². The summed E-state index contributed by atoms with van der Waals surface area (Å²) in [7, 11) is 0. The van der Waals surface area contributed by atoms with E-state index in [1.165, 1.54) is 6.07 Å². The van der Waals surface area contributed by atoms with E-state index >= 15 is 0 Å². The number of halogens is 1. The molecule has 2 aromatic rings. The lowest BCUT2D eigenvalue weighted by Gasteiger charge is -2.28. The summed E-state index contributed by atoms with van der Waals surface area (Å²) < 4.78 is 13.8. The first kappa shape index (κ1) is 16.6. The molecule has 1 N–H and O–H groups in total. The second kappa shape index (κ2) is 6.81. The highest BCUT2D eigenvalue weighted by molar-refractivity contribution is 7.98. The van der Waals surface area contributed by atoms with Gasteiger partial charge in [0.05, 0.1) is 6.04 Å². The second-order valence-corrected chi connectivity index (χ2v) is 7.65. The van der Waals surface area contributed by atoms with Crippen LogP contribution in [-0.2, 0) is 0 Å². The van der Waals surface area contributed by atoms with Gasteiger partial charge in [-0.15, -0.1) is 11.8 Å². The summed E-state index contributed by atoms with van der Waals surface area (Å²) in [5.41, 5.74) is 1.60. The third-order valence-electron chi connectivity index (χ3n) is 5.33. The van der Waals surface area contributed by atoms with E-state index in [0.29, 0.717) is 17.4 Å². The van der Waals surface area contributed by atoms with Crippen molar-refractivity contribution in [1.82, 2.24) is 10.2 Å². The zero-order valence-electron chi connectivity index (χ0n) is 14.1. The fourth-order valence-electron chi connectivity index (χ4n) is 4.17. The number of hydrogen-bond acceptors (Lipinski definition) is 3. The molecule has 0 saturated carbocycles. The Morgan fingerprint density at radius 3 is 2.84 bits per heavy atom. The van der Waals surface area contributed by atoms with Crippen LogP contribution >= 0.6 is 11.8 Å². The van der Waals surface area contributed by atoms with Gasteiger partial charge >= 0.3 is 0 Å². The summed E-state index contributed by atoms with van der Waals surface area (Å²) in [5.74, 6) is 0.568. The Morgan fingerprint density at radius 2 is 2.04 bits per heavy atom. The first-order chi connectivity index (χ1) is 12.2. The van der Waals surface area contributed by atoms with Crippen molar-refractivity contribution in [2.45, 2.75) is 10.9 Å². The summed E-state index contributed by atoms with van der Waals surface area (Å²) in [6.07, 6.45) is 2.01. The number of carbonyl (C=O) groups is 1. The van der Waals surface area contributed by atoms with Gasteiger partial charge in [-0.05, 0) is 48.1 Å². The number of thioether (sulfide) groups is 1. The molecule has 2 aliphatic heterocycles. The van der Waals surface area contributed by atoms with Gasteiger partial charge in [-0.25, -0.2) is 4.39 Å². The van der Waals surface area contributed by atoms with Gasteiger partial charge in [-0.2, -0.15) is 0 Å². The molecule has 0 aromatic heterocycles. The maximum atomic E-state index is 13.8. The van der Waals surface area contributed by atoms with Gasteiger partial charge in [-0.1, -0.05) is 18.2 Å². The van der Waals surface area contributed by atoms with Crippen molar-refractivity contribution in [3.05, 3.63) is 65.5 Å². The smallest absolute Gasteiger partial charge is 0.254 e. The summed E-state index contributed by atoms with van der Waals surface area (Å²) in [6.45, 7) is 2.52. The highest BCUT2D eigenvalue weighted by atomic mass is 32.2. The predicted octanol–water partition coefficient (Wildman–Crippen LogP) is 3.58. The Labute approximate surface area is 151 Å². The molecule has 0 radical (unpaired) electrons. The van der Waals surface area contributed by atoms with Crippen LogP contribution in [0.1, 0.15) is 22.0 Å². The lowest BCUT2D eigenvalue weighted by Crippen LogP contribution is -2.34. The number of carbonyl (C=O) groups excluding carboxylic acids is 1. The largest absolute Gasteiger partial charge is 0.331 e. The molecule has 2 aromatic carbocycles. The fraction of sp³-hybridized carbons (Fsp3) is 0.350. The van der Waals surface area contributed by atoms with Crippen LogP contribution in [0, 0.1) is 17.7 Å². The first-order valence-electron chi connectivity index (χ1n) is 8.58. The van der Waals surface area contributed by atoms with Crippen LogP contribution in [0.15, 0.2) is 53.4 Å². The third-order valence-corrected chi connectivity index (χ3v) is 6.06. The van der Waals surface area contributed by atoms with E-state index in [9.17, 15) is 9.18 Å². The summed E-state index contributed by atoms with van der Waals surface area (Å²) in [5, 5.41) is 3.42. The molecule has 4 rings (SSSR count). The second-order valence-electron chi connectivity index (χ2n) is 6.77. The van der Waals surface area contributed by atoms with E-state index in [4.69, 9.17) is 0 Å². The molecule has 2 fully saturated rings. The molecular weight excluding hydrogens is 335 g/mol. The zero-order chi connectivity index (χ0) is 17.4. The van der Waals surface area contributed by atoms with Crippen LogP contribution in [0.5, 0.6) is 0 Å². The number of benzene rings is 2. The van der Waals surface area contributed by atoms with Crippen molar-refractivity contribution in [2.75, 3.05) is 25.9 Å². The average Bonchev–Trinajstić information content (AvgIpc) is 3.22. The lowest BCUT2D eigenvalue weighted by molar-refractivity contribution is 0.0713. The molecule has 0 aliphatic carbocycles. The van der Waals surface area contributed by atoms with Crippen molar-refractivity contribution in [2.24, 2.45) is 11.8 Å². The van der Waals surface area contributed by atoms with E-state index in [0.717, 1.165) is 30.1 Å². The molecule has 130 valence electrons. The summed E-state index contributed by atoms with van der Waals surface area (Å²) in [4.78, 5) is 16.2. The van der Waals surface area contributed by atoms with Gasteiger partial charge in [0, 0.05) is 36.0 Å². The van der Waals surface area contributed by atoms with Crippen LogP contribution in [0.4, 0.5) is 4.39 Å². The number of nitrogens with one attached hydrogen (secondary N) is 1. The number of likely N-dealkylation sites (tertiary alicyclic amines) is 1. The van der Waals surface area contributed by atoms with E-state index in [1.54, 1.807) is 23.9 Å². The molecule has 0 spiro atoms. The minimum Gasteiger partial charge on any atom is -0.331 e. The third kappa shape index (κ3) is 3.07. The van der Waals surface area contributed by atoms with E-state index in [-0.39, 0.29) is 17.8 Å². The first-order valence-corrected chi connectivity index (χ1v) is 9.81. The van der Waals surface area contributed by atoms with Gasteiger partial charge in [-0.3, -0.25) is 4.79 Å². The normalized spacial score (nSPS) is 25.2. The van der Waals surface area contributed by atoms with Crippen molar-refractivity contribution >= 4 is 17.7 Å². The highest BCUT2D eigenvalue weighted by Gasteiger charge is 2.46. The van der Waals surface area contributed by atoms with Gasteiger partial charge in [0.25, 0.3) is 5.91 Å². The number of hydrogen-bond donors (Lipinski definition) is 1. The zero-order valence-corrected chi connectivity index (χ0v) is 14.9. The number of nitrogens with zero attached hydrogens (tertiary/aromatic N) is 1. The fourth-order valence-corrected chi connectivity index (χ4v) is 4.63. The molecule has 3 nitrogen and oxygen atoms in total. The van der Waals surface area contributed by atoms with Crippen LogP contribution in [0.25, 0.3) is 0 Å². The standard InChI is InChI=1S/C20H21FN2OS/c1-25-17-7-3-5-14(9-17)20(24)23-12-15-10-22-11-18(15)19(23)13-4-2-6-16(21)8-13/h2-9,15,18-19,22H,10-12H2,1H3/t15-,18-,19-/m0/s1. The number of fused-ring (bicyclic) bond motifs is 1. The maximum Gasteiger partial charge on any atom is 0.254 e. The molecule has 2 aliphatic rings. The molecule has 0 bridgehead atoms. The molecular formula is C20H21FN2OS. The van der Waals surface area contributed by atoms with Gasteiger partial charge < -0.3 is 10.2 Å². The molecule has 25 heavy (non-hydrogen) atoms. The molecule has 1 amide bonds. The molecule has 2 saturated heterocycles. The topological polar surface area (TPSA) is 32.3 Å². The van der Waals surface area contributed by atoms with E-state index in [2.05, 4.69) is 5.32 Å². The molecule has 5 heteroatoms. The Morgan fingerprint density at radius 1 is 1.20 bits per heavy atom. The minimum atomic E-state index is -0.247. The van der Waals surface area contributed by atoms with Crippen molar-refractivity contribution in [1.29, 1.82) is 0 Å². The van der Waals surface area contributed by atoms with Gasteiger partial charge in [0.2, 0.25) is 0 Å². The lowest BCUT2D eigenvalue weighted by atomic mass is 9.89.